The number of rotatable bonds is 0. The molecule has 2 rings (SSSR count). The maximum Gasteiger partial charge on any atom is 0.112 e. The van der Waals surface area contributed by atoms with Gasteiger partial charge < -0.3 is 5.21 Å². The number of hydrogen-bond acceptors (Lipinski definition) is 3. The van der Waals surface area contributed by atoms with Crippen molar-refractivity contribution in [2.24, 2.45) is 5.16 Å². The van der Waals surface area contributed by atoms with E-state index in [1.807, 2.05) is 6.08 Å². The first kappa shape index (κ1) is 8.47. The lowest BCUT2D eigenvalue weighted by Gasteiger charge is -1.91. The van der Waals surface area contributed by atoms with Crippen molar-refractivity contribution in [3.8, 4) is 0 Å². The summed E-state index contributed by atoms with van der Waals surface area (Å²) in [5, 5.41) is 11.8. The molecule has 0 saturated carbocycles. The molecule has 12 heavy (non-hydrogen) atoms. The molecular weight excluding hydrogens is 306 g/mol. The molecule has 0 aromatic carbocycles. The molecular formula is C7H3Br2NOS. The summed E-state index contributed by atoms with van der Waals surface area (Å²) in [6, 6.07) is 0. The maximum absolute atomic E-state index is 8.65. The van der Waals surface area contributed by atoms with Gasteiger partial charge in [0.1, 0.15) is 5.71 Å². The Labute approximate surface area is 89.8 Å². The van der Waals surface area contributed by atoms with Gasteiger partial charge in [-0.1, -0.05) is 5.16 Å². The summed E-state index contributed by atoms with van der Waals surface area (Å²) in [5.41, 5.74) is 2.66. The first-order chi connectivity index (χ1) is 5.74. The third-order valence-corrected chi connectivity index (χ3v) is 4.21. The quantitative estimate of drug-likeness (QED) is 0.577. The number of hydrogen-bond donors (Lipinski definition) is 1. The summed E-state index contributed by atoms with van der Waals surface area (Å²) >= 11 is 8.41. The van der Waals surface area contributed by atoms with Crippen LogP contribution in [0.15, 0.2) is 18.8 Å². The number of oxime groups is 1. The highest BCUT2D eigenvalue weighted by Crippen LogP contribution is 2.40. The van der Waals surface area contributed by atoms with E-state index in [1.54, 1.807) is 17.4 Å². The molecule has 0 amide bonds. The van der Waals surface area contributed by atoms with Crippen molar-refractivity contribution >= 4 is 55.0 Å². The van der Waals surface area contributed by atoms with Gasteiger partial charge in [-0.2, -0.15) is 0 Å². The lowest BCUT2D eigenvalue weighted by atomic mass is 10.2. The van der Waals surface area contributed by atoms with E-state index >= 15 is 0 Å². The third-order valence-electron chi connectivity index (χ3n) is 1.63. The molecule has 0 spiro atoms. The first-order valence-corrected chi connectivity index (χ1v) is 5.52. The van der Waals surface area contributed by atoms with Crippen LogP contribution in [0.3, 0.4) is 0 Å². The Kier molecular flexibility index (Phi) is 2.10. The number of thiophene rings is 1. The second-order valence-electron chi connectivity index (χ2n) is 2.26. The predicted molar refractivity (Wildman–Crippen MR) is 57.1 cm³/mol. The molecule has 1 aromatic rings. The van der Waals surface area contributed by atoms with Crippen molar-refractivity contribution in [1.82, 2.24) is 0 Å². The zero-order valence-corrected chi connectivity index (χ0v) is 9.70. The van der Waals surface area contributed by atoms with Crippen molar-refractivity contribution in [2.45, 2.75) is 0 Å². The summed E-state index contributed by atoms with van der Waals surface area (Å²) in [6.45, 7) is 0. The van der Waals surface area contributed by atoms with E-state index in [9.17, 15) is 0 Å². The van der Waals surface area contributed by atoms with Crippen molar-refractivity contribution in [2.75, 3.05) is 0 Å². The molecule has 0 fully saturated rings. The Balaban J connectivity index is 2.72. The number of allylic oxidation sites excluding steroid dienone is 1. The van der Waals surface area contributed by atoms with Gasteiger partial charge >= 0.3 is 0 Å². The van der Waals surface area contributed by atoms with E-state index in [4.69, 9.17) is 5.21 Å². The lowest BCUT2D eigenvalue weighted by molar-refractivity contribution is 0.320. The van der Waals surface area contributed by atoms with Crippen LogP contribution in [0, 0.1) is 0 Å². The molecule has 5 heteroatoms. The van der Waals surface area contributed by atoms with Crippen LogP contribution in [-0.4, -0.2) is 10.9 Å². The molecule has 0 radical (unpaired) electrons. The minimum Gasteiger partial charge on any atom is -0.410 e. The van der Waals surface area contributed by atoms with Crippen LogP contribution < -0.4 is 0 Å². The molecule has 1 aliphatic rings. The SMILES string of the molecule is ON=C1C=Cc2c(Br)sc(Br)c21. The summed E-state index contributed by atoms with van der Waals surface area (Å²) in [6.07, 6.45) is 3.71. The Hall–Kier alpha value is -0.130. The lowest BCUT2D eigenvalue weighted by Crippen LogP contribution is -1.91. The van der Waals surface area contributed by atoms with Gasteiger partial charge in [0.05, 0.1) is 7.57 Å². The van der Waals surface area contributed by atoms with Gasteiger partial charge in [0, 0.05) is 11.1 Å². The van der Waals surface area contributed by atoms with E-state index in [-0.39, 0.29) is 0 Å². The largest absolute Gasteiger partial charge is 0.410 e. The molecule has 1 aliphatic carbocycles. The average Bonchev–Trinajstić information content (AvgIpc) is 2.55. The van der Waals surface area contributed by atoms with Crippen molar-refractivity contribution in [1.29, 1.82) is 0 Å². The molecule has 2 nitrogen and oxygen atoms in total. The molecule has 0 atom stereocenters. The van der Waals surface area contributed by atoms with Gasteiger partial charge in [-0.3, -0.25) is 0 Å². The van der Waals surface area contributed by atoms with Crippen LogP contribution in [0.5, 0.6) is 0 Å². The van der Waals surface area contributed by atoms with Gasteiger partial charge in [-0.15, -0.1) is 11.3 Å². The molecule has 0 unspecified atom stereocenters. The monoisotopic (exact) mass is 307 g/mol. The molecule has 62 valence electrons. The van der Waals surface area contributed by atoms with Crippen LogP contribution >= 0.6 is 43.2 Å². The summed E-state index contributed by atoms with van der Waals surface area (Å²) in [4.78, 5) is 0. The minimum atomic E-state index is 0.610. The van der Waals surface area contributed by atoms with Crippen molar-refractivity contribution in [3.63, 3.8) is 0 Å². The van der Waals surface area contributed by atoms with Crippen LogP contribution in [0.1, 0.15) is 11.1 Å². The topological polar surface area (TPSA) is 32.6 Å². The molecule has 1 N–H and O–H groups in total. The molecule has 0 saturated heterocycles. The Morgan fingerprint density at radius 2 is 2.00 bits per heavy atom. The summed E-state index contributed by atoms with van der Waals surface area (Å²) in [7, 11) is 0. The fraction of sp³-hybridized carbons (Fsp3) is 0. The fourth-order valence-electron chi connectivity index (χ4n) is 1.11. The standard InChI is InChI=1S/C7H3Br2NOS/c8-6-3-1-2-4(10-11)5(3)7(9)12-6/h1-2,11H. The van der Waals surface area contributed by atoms with E-state index in [0.29, 0.717) is 5.71 Å². The van der Waals surface area contributed by atoms with Gasteiger partial charge in [-0.25, -0.2) is 0 Å². The molecule has 1 aromatic heterocycles. The second-order valence-corrected chi connectivity index (χ2v) is 5.91. The predicted octanol–water partition coefficient (Wildman–Crippen LogP) is 3.48. The van der Waals surface area contributed by atoms with Crippen molar-refractivity contribution < 1.29 is 5.21 Å². The van der Waals surface area contributed by atoms with Gasteiger partial charge in [0.25, 0.3) is 0 Å². The highest BCUT2D eigenvalue weighted by atomic mass is 79.9. The molecule has 1 heterocycles. The second kappa shape index (κ2) is 2.97. The maximum atomic E-state index is 8.65. The van der Waals surface area contributed by atoms with Crippen molar-refractivity contribution in [3.05, 3.63) is 24.8 Å². The zero-order chi connectivity index (χ0) is 8.72. The van der Waals surface area contributed by atoms with Gasteiger partial charge in [0.15, 0.2) is 0 Å². The highest BCUT2D eigenvalue weighted by Gasteiger charge is 2.21. The van der Waals surface area contributed by atoms with Crippen LogP contribution in [0.2, 0.25) is 0 Å². The fourth-order valence-corrected chi connectivity index (χ4v) is 4.23. The summed E-state index contributed by atoms with van der Waals surface area (Å²) < 4.78 is 2.04. The first-order valence-electron chi connectivity index (χ1n) is 3.12. The Bertz CT molecular complexity index is 394. The van der Waals surface area contributed by atoms with E-state index in [2.05, 4.69) is 37.0 Å². The van der Waals surface area contributed by atoms with Crippen LogP contribution in [-0.2, 0) is 0 Å². The Morgan fingerprint density at radius 1 is 1.25 bits per heavy atom. The molecule has 0 bridgehead atoms. The number of fused-ring (bicyclic) bond motifs is 1. The molecule has 0 aliphatic heterocycles. The third kappa shape index (κ3) is 1.08. The highest BCUT2D eigenvalue weighted by molar-refractivity contribution is 9.12. The van der Waals surface area contributed by atoms with E-state index in [0.717, 1.165) is 18.7 Å². The van der Waals surface area contributed by atoms with E-state index < -0.39 is 0 Å². The smallest absolute Gasteiger partial charge is 0.112 e. The summed E-state index contributed by atoms with van der Waals surface area (Å²) in [5.74, 6) is 0. The number of nitrogens with zero attached hydrogens (tertiary/aromatic N) is 1. The van der Waals surface area contributed by atoms with Crippen LogP contribution in [0.25, 0.3) is 6.08 Å². The zero-order valence-electron chi connectivity index (χ0n) is 5.71. The van der Waals surface area contributed by atoms with Crippen LogP contribution in [0.4, 0.5) is 0 Å². The average molecular weight is 309 g/mol. The minimum absolute atomic E-state index is 0.610. The van der Waals surface area contributed by atoms with Gasteiger partial charge in [0.2, 0.25) is 0 Å². The van der Waals surface area contributed by atoms with E-state index in [1.165, 1.54) is 0 Å². The normalized spacial score (nSPS) is 17.3. The van der Waals surface area contributed by atoms with Gasteiger partial charge in [-0.05, 0) is 44.0 Å². The Morgan fingerprint density at radius 3 is 2.67 bits per heavy atom. The number of halogens is 2.